The Morgan fingerprint density at radius 2 is 2.20 bits per heavy atom. The third-order valence-electron chi connectivity index (χ3n) is 2.57. The molecule has 0 aromatic carbocycles. The van der Waals surface area contributed by atoms with Gasteiger partial charge in [0.05, 0.1) is 5.92 Å². The van der Waals surface area contributed by atoms with Gasteiger partial charge in [-0.3, -0.25) is 9.59 Å². The summed E-state index contributed by atoms with van der Waals surface area (Å²) >= 11 is 0. The van der Waals surface area contributed by atoms with Crippen LogP contribution in [0.15, 0.2) is 0 Å². The summed E-state index contributed by atoms with van der Waals surface area (Å²) in [6.45, 7) is 2.11. The fourth-order valence-electron chi connectivity index (χ4n) is 1.54. The van der Waals surface area contributed by atoms with Crippen LogP contribution in [-0.2, 0) is 9.59 Å². The van der Waals surface area contributed by atoms with Crippen molar-refractivity contribution in [3.63, 3.8) is 0 Å². The summed E-state index contributed by atoms with van der Waals surface area (Å²) in [6, 6.07) is 0. The molecule has 1 aliphatic rings. The first kappa shape index (κ1) is 12.0. The number of carbonyl (C=O) groups excluding carboxylic acids is 2. The second-order valence-electron chi connectivity index (χ2n) is 4.02. The Morgan fingerprint density at radius 1 is 1.47 bits per heavy atom. The van der Waals surface area contributed by atoms with Crippen molar-refractivity contribution in [2.75, 3.05) is 33.7 Å². The Labute approximate surface area is 90.2 Å². The van der Waals surface area contributed by atoms with Gasteiger partial charge >= 0.3 is 0 Å². The standard InChI is InChI=1S/C10H19N3O2/c1-13(2)9(14)4-6-12-10(15)8-3-5-11-7-8/h8,11H,3-7H2,1-2H3,(H,12,15). The predicted octanol–water partition coefficient (Wildman–Crippen LogP) is -0.810. The Kier molecular flexibility index (Phi) is 4.55. The maximum Gasteiger partial charge on any atom is 0.224 e. The van der Waals surface area contributed by atoms with Gasteiger partial charge in [-0.2, -0.15) is 0 Å². The van der Waals surface area contributed by atoms with Crippen molar-refractivity contribution < 1.29 is 9.59 Å². The zero-order valence-corrected chi connectivity index (χ0v) is 9.38. The van der Waals surface area contributed by atoms with Crippen LogP contribution in [0.2, 0.25) is 0 Å². The zero-order valence-electron chi connectivity index (χ0n) is 9.38. The molecule has 1 saturated heterocycles. The molecule has 5 nitrogen and oxygen atoms in total. The van der Waals surface area contributed by atoms with Gasteiger partial charge in [0.1, 0.15) is 0 Å². The summed E-state index contributed by atoms with van der Waals surface area (Å²) in [5.41, 5.74) is 0. The van der Waals surface area contributed by atoms with Crippen LogP contribution in [0.3, 0.4) is 0 Å². The first-order valence-electron chi connectivity index (χ1n) is 5.30. The SMILES string of the molecule is CN(C)C(=O)CCNC(=O)C1CCNC1. The summed E-state index contributed by atoms with van der Waals surface area (Å²) < 4.78 is 0. The fourth-order valence-corrected chi connectivity index (χ4v) is 1.54. The lowest BCUT2D eigenvalue weighted by Crippen LogP contribution is -2.34. The molecule has 0 bridgehead atoms. The molecule has 1 atom stereocenters. The molecule has 2 amide bonds. The summed E-state index contributed by atoms with van der Waals surface area (Å²) in [7, 11) is 3.43. The minimum atomic E-state index is 0.0415. The second kappa shape index (κ2) is 5.70. The highest BCUT2D eigenvalue weighted by Crippen LogP contribution is 2.06. The molecule has 0 aromatic heterocycles. The van der Waals surface area contributed by atoms with Crippen molar-refractivity contribution in [2.24, 2.45) is 5.92 Å². The summed E-state index contributed by atoms with van der Waals surface area (Å²) in [5.74, 6) is 0.186. The number of nitrogens with zero attached hydrogens (tertiary/aromatic N) is 1. The normalized spacial score (nSPS) is 20.0. The molecule has 86 valence electrons. The van der Waals surface area contributed by atoms with Crippen molar-refractivity contribution >= 4 is 11.8 Å². The van der Waals surface area contributed by atoms with Crippen LogP contribution in [0.4, 0.5) is 0 Å². The van der Waals surface area contributed by atoms with E-state index in [1.807, 2.05) is 0 Å². The average molecular weight is 213 g/mol. The molecule has 0 aliphatic carbocycles. The number of nitrogens with one attached hydrogen (secondary N) is 2. The van der Waals surface area contributed by atoms with Crippen molar-refractivity contribution in [3.8, 4) is 0 Å². The summed E-state index contributed by atoms with van der Waals surface area (Å²) in [5, 5.41) is 5.92. The molecule has 0 saturated carbocycles. The third-order valence-corrected chi connectivity index (χ3v) is 2.57. The molecule has 0 radical (unpaired) electrons. The first-order chi connectivity index (χ1) is 7.11. The van der Waals surface area contributed by atoms with Crippen LogP contribution in [0.25, 0.3) is 0 Å². The molecule has 2 N–H and O–H groups in total. The fraction of sp³-hybridized carbons (Fsp3) is 0.800. The number of hydrogen-bond donors (Lipinski definition) is 2. The van der Waals surface area contributed by atoms with Gasteiger partial charge in [-0.25, -0.2) is 0 Å². The van der Waals surface area contributed by atoms with Gasteiger partial charge in [-0.15, -0.1) is 0 Å². The molecule has 0 spiro atoms. The predicted molar refractivity (Wildman–Crippen MR) is 57.3 cm³/mol. The largest absolute Gasteiger partial charge is 0.355 e. The number of amides is 2. The van der Waals surface area contributed by atoms with Crippen LogP contribution >= 0.6 is 0 Å². The van der Waals surface area contributed by atoms with Gasteiger partial charge in [0.2, 0.25) is 11.8 Å². The first-order valence-corrected chi connectivity index (χ1v) is 5.30. The maximum absolute atomic E-state index is 11.5. The van der Waals surface area contributed by atoms with Crippen molar-refractivity contribution in [1.82, 2.24) is 15.5 Å². The van der Waals surface area contributed by atoms with Crippen molar-refractivity contribution in [3.05, 3.63) is 0 Å². The highest BCUT2D eigenvalue weighted by Gasteiger charge is 2.21. The molecular formula is C10H19N3O2. The Balaban J connectivity index is 2.14. The number of rotatable bonds is 4. The van der Waals surface area contributed by atoms with Gasteiger partial charge in [-0.1, -0.05) is 0 Å². The van der Waals surface area contributed by atoms with E-state index in [1.165, 1.54) is 4.90 Å². The molecule has 1 fully saturated rings. The summed E-state index contributed by atoms with van der Waals surface area (Å²) in [4.78, 5) is 24.3. The van der Waals surface area contributed by atoms with Crippen molar-refractivity contribution in [2.45, 2.75) is 12.8 Å². The molecular weight excluding hydrogens is 194 g/mol. The highest BCUT2D eigenvalue weighted by atomic mass is 16.2. The molecule has 5 heteroatoms. The van der Waals surface area contributed by atoms with E-state index in [2.05, 4.69) is 10.6 Å². The van der Waals surface area contributed by atoms with Crippen LogP contribution in [0.1, 0.15) is 12.8 Å². The van der Waals surface area contributed by atoms with E-state index in [4.69, 9.17) is 0 Å². The molecule has 1 rings (SSSR count). The average Bonchev–Trinajstić information content (AvgIpc) is 2.70. The van der Waals surface area contributed by atoms with E-state index in [-0.39, 0.29) is 17.7 Å². The van der Waals surface area contributed by atoms with E-state index < -0.39 is 0 Å². The smallest absolute Gasteiger partial charge is 0.224 e. The van der Waals surface area contributed by atoms with Crippen LogP contribution < -0.4 is 10.6 Å². The highest BCUT2D eigenvalue weighted by molar-refractivity contribution is 5.80. The van der Waals surface area contributed by atoms with E-state index in [1.54, 1.807) is 14.1 Å². The van der Waals surface area contributed by atoms with Gasteiger partial charge in [-0.05, 0) is 13.0 Å². The quantitative estimate of drug-likeness (QED) is 0.642. The Morgan fingerprint density at radius 3 is 2.73 bits per heavy atom. The van der Waals surface area contributed by atoms with Gasteiger partial charge in [0.25, 0.3) is 0 Å². The van der Waals surface area contributed by atoms with Crippen LogP contribution in [0, 0.1) is 5.92 Å². The Hall–Kier alpha value is -1.10. The maximum atomic E-state index is 11.5. The van der Waals surface area contributed by atoms with Gasteiger partial charge in [0, 0.05) is 33.6 Å². The molecule has 15 heavy (non-hydrogen) atoms. The van der Waals surface area contributed by atoms with E-state index in [0.717, 1.165) is 19.5 Å². The monoisotopic (exact) mass is 213 g/mol. The van der Waals surface area contributed by atoms with E-state index in [9.17, 15) is 9.59 Å². The number of hydrogen-bond acceptors (Lipinski definition) is 3. The molecule has 0 aromatic rings. The third kappa shape index (κ3) is 3.87. The van der Waals surface area contributed by atoms with Crippen LogP contribution in [-0.4, -0.2) is 50.4 Å². The van der Waals surface area contributed by atoms with Crippen molar-refractivity contribution in [1.29, 1.82) is 0 Å². The topological polar surface area (TPSA) is 61.4 Å². The minimum absolute atomic E-state index is 0.0415. The zero-order chi connectivity index (χ0) is 11.3. The second-order valence-corrected chi connectivity index (χ2v) is 4.02. The lowest BCUT2D eigenvalue weighted by Gasteiger charge is -2.12. The summed E-state index contributed by atoms with van der Waals surface area (Å²) in [6.07, 6.45) is 1.27. The Bertz CT molecular complexity index is 235. The lowest BCUT2D eigenvalue weighted by molar-refractivity contribution is -0.129. The number of carbonyl (C=O) groups is 2. The van der Waals surface area contributed by atoms with Crippen LogP contribution in [0.5, 0.6) is 0 Å². The molecule has 1 aliphatic heterocycles. The van der Waals surface area contributed by atoms with Gasteiger partial charge in [0.15, 0.2) is 0 Å². The van der Waals surface area contributed by atoms with E-state index >= 15 is 0 Å². The molecule has 1 heterocycles. The lowest BCUT2D eigenvalue weighted by atomic mass is 10.1. The molecule has 1 unspecified atom stereocenters. The minimum Gasteiger partial charge on any atom is -0.355 e. The van der Waals surface area contributed by atoms with Gasteiger partial charge < -0.3 is 15.5 Å². The van der Waals surface area contributed by atoms with E-state index in [0.29, 0.717) is 13.0 Å².